The first-order valence-electron chi connectivity index (χ1n) is 8.27. The normalized spacial score (nSPS) is 20.1. The molecule has 1 aromatic carbocycles. The molecule has 1 saturated heterocycles. The van der Waals surface area contributed by atoms with E-state index in [4.69, 9.17) is 4.74 Å². The third kappa shape index (κ3) is 3.62. The molecule has 24 heavy (non-hydrogen) atoms. The molecule has 0 unspecified atom stereocenters. The van der Waals surface area contributed by atoms with Gasteiger partial charge in [0, 0.05) is 37.0 Å². The number of amides is 1. The SMILES string of the molecule is CCc1cnccc1C(=O)NC[C@@H]1CCO[C@H]1c1ccc(F)cc1. The average Bonchev–Trinajstić information content (AvgIpc) is 3.08. The van der Waals surface area contributed by atoms with Gasteiger partial charge in [-0.2, -0.15) is 0 Å². The Morgan fingerprint density at radius 2 is 2.12 bits per heavy atom. The number of pyridine rings is 1. The first-order chi connectivity index (χ1) is 11.7. The molecular weight excluding hydrogens is 307 g/mol. The Morgan fingerprint density at radius 1 is 1.33 bits per heavy atom. The molecule has 1 aliphatic rings. The maximum absolute atomic E-state index is 13.1. The van der Waals surface area contributed by atoms with E-state index in [0.29, 0.717) is 18.7 Å². The van der Waals surface area contributed by atoms with Gasteiger partial charge in [-0.3, -0.25) is 9.78 Å². The van der Waals surface area contributed by atoms with Crippen molar-refractivity contribution in [2.24, 2.45) is 5.92 Å². The molecule has 0 aliphatic carbocycles. The minimum absolute atomic E-state index is 0.0843. The summed E-state index contributed by atoms with van der Waals surface area (Å²) in [6.07, 6.45) is 4.90. The second kappa shape index (κ2) is 7.53. The summed E-state index contributed by atoms with van der Waals surface area (Å²) in [5.74, 6) is -0.156. The van der Waals surface area contributed by atoms with Gasteiger partial charge in [0.05, 0.1) is 6.10 Å². The summed E-state index contributed by atoms with van der Waals surface area (Å²) in [5.41, 5.74) is 2.56. The van der Waals surface area contributed by atoms with Crippen LogP contribution in [0.1, 0.15) is 40.9 Å². The Balaban J connectivity index is 1.65. The topological polar surface area (TPSA) is 51.2 Å². The largest absolute Gasteiger partial charge is 0.373 e. The number of benzene rings is 1. The maximum atomic E-state index is 13.1. The number of halogens is 1. The standard InChI is InChI=1S/C19H21FN2O2/c1-2-13-11-21-9-7-17(13)19(23)22-12-15-8-10-24-18(15)14-3-5-16(20)6-4-14/h3-7,9,11,15,18H,2,8,10,12H2,1H3,(H,22,23)/t15-,18-/m0/s1. The monoisotopic (exact) mass is 328 g/mol. The van der Waals surface area contributed by atoms with Crippen LogP contribution in [0.5, 0.6) is 0 Å². The Morgan fingerprint density at radius 3 is 2.88 bits per heavy atom. The Hall–Kier alpha value is -2.27. The van der Waals surface area contributed by atoms with Crippen LogP contribution in [0, 0.1) is 11.7 Å². The summed E-state index contributed by atoms with van der Waals surface area (Å²) >= 11 is 0. The van der Waals surface area contributed by atoms with E-state index in [0.717, 1.165) is 24.0 Å². The van der Waals surface area contributed by atoms with Gasteiger partial charge < -0.3 is 10.1 Å². The van der Waals surface area contributed by atoms with E-state index in [1.54, 1.807) is 30.6 Å². The van der Waals surface area contributed by atoms with Crippen LogP contribution >= 0.6 is 0 Å². The molecule has 1 aliphatic heterocycles. The number of carbonyl (C=O) groups is 1. The quantitative estimate of drug-likeness (QED) is 0.916. The molecule has 126 valence electrons. The number of aromatic nitrogens is 1. The first-order valence-corrected chi connectivity index (χ1v) is 8.27. The molecule has 2 heterocycles. The molecule has 0 radical (unpaired) electrons. The minimum atomic E-state index is -0.258. The molecule has 2 aromatic rings. The zero-order valence-electron chi connectivity index (χ0n) is 13.7. The van der Waals surface area contributed by atoms with Crippen molar-refractivity contribution < 1.29 is 13.9 Å². The van der Waals surface area contributed by atoms with E-state index in [9.17, 15) is 9.18 Å². The van der Waals surface area contributed by atoms with Crippen LogP contribution < -0.4 is 5.32 Å². The summed E-state index contributed by atoms with van der Waals surface area (Å²) in [6.45, 7) is 3.19. The minimum Gasteiger partial charge on any atom is -0.373 e. The van der Waals surface area contributed by atoms with E-state index >= 15 is 0 Å². The van der Waals surface area contributed by atoms with E-state index in [1.807, 2.05) is 6.92 Å². The molecule has 0 saturated carbocycles. The molecule has 2 atom stereocenters. The van der Waals surface area contributed by atoms with Crippen molar-refractivity contribution in [3.63, 3.8) is 0 Å². The van der Waals surface area contributed by atoms with Gasteiger partial charge in [-0.05, 0) is 42.2 Å². The zero-order valence-corrected chi connectivity index (χ0v) is 13.7. The van der Waals surface area contributed by atoms with Gasteiger partial charge in [-0.15, -0.1) is 0 Å². The van der Waals surface area contributed by atoms with Crippen LogP contribution in [0.15, 0.2) is 42.7 Å². The highest BCUT2D eigenvalue weighted by molar-refractivity contribution is 5.95. The number of hydrogen-bond donors (Lipinski definition) is 1. The van der Waals surface area contributed by atoms with Crippen molar-refractivity contribution >= 4 is 5.91 Å². The number of rotatable bonds is 5. The lowest BCUT2D eigenvalue weighted by Gasteiger charge is -2.19. The van der Waals surface area contributed by atoms with Gasteiger partial charge in [0.1, 0.15) is 5.82 Å². The summed E-state index contributed by atoms with van der Waals surface area (Å²) < 4.78 is 18.9. The molecule has 4 nitrogen and oxygen atoms in total. The van der Waals surface area contributed by atoms with Gasteiger partial charge >= 0.3 is 0 Å². The highest BCUT2D eigenvalue weighted by atomic mass is 19.1. The number of aryl methyl sites for hydroxylation is 1. The van der Waals surface area contributed by atoms with E-state index in [1.165, 1.54) is 12.1 Å². The molecule has 0 bridgehead atoms. The Kier molecular flexibility index (Phi) is 5.20. The third-order valence-corrected chi connectivity index (χ3v) is 4.47. The Bertz CT molecular complexity index is 703. The summed E-state index contributed by atoms with van der Waals surface area (Å²) in [5, 5.41) is 3.01. The summed E-state index contributed by atoms with van der Waals surface area (Å²) in [6, 6.07) is 8.13. The number of nitrogens with one attached hydrogen (secondary N) is 1. The zero-order chi connectivity index (χ0) is 16.9. The average molecular weight is 328 g/mol. The van der Waals surface area contributed by atoms with Crippen LogP contribution in [-0.4, -0.2) is 24.0 Å². The maximum Gasteiger partial charge on any atom is 0.251 e. The van der Waals surface area contributed by atoms with Gasteiger partial charge in [-0.25, -0.2) is 4.39 Å². The predicted molar refractivity (Wildman–Crippen MR) is 89.1 cm³/mol. The lowest BCUT2D eigenvalue weighted by molar-refractivity contribution is 0.0845. The molecule has 0 spiro atoms. The van der Waals surface area contributed by atoms with Crippen molar-refractivity contribution in [2.45, 2.75) is 25.9 Å². The molecule has 1 N–H and O–H groups in total. The van der Waals surface area contributed by atoms with Crippen molar-refractivity contribution in [3.8, 4) is 0 Å². The summed E-state index contributed by atoms with van der Waals surface area (Å²) in [7, 11) is 0. The summed E-state index contributed by atoms with van der Waals surface area (Å²) in [4.78, 5) is 16.5. The highest BCUT2D eigenvalue weighted by Gasteiger charge is 2.30. The molecule has 3 rings (SSSR count). The number of ether oxygens (including phenoxy) is 1. The smallest absolute Gasteiger partial charge is 0.251 e. The van der Waals surface area contributed by atoms with Crippen molar-refractivity contribution in [3.05, 3.63) is 65.2 Å². The van der Waals surface area contributed by atoms with Gasteiger partial charge in [-0.1, -0.05) is 19.1 Å². The van der Waals surface area contributed by atoms with E-state index in [2.05, 4.69) is 10.3 Å². The second-order valence-corrected chi connectivity index (χ2v) is 5.99. The van der Waals surface area contributed by atoms with Crippen LogP contribution in [0.4, 0.5) is 4.39 Å². The fourth-order valence-corrected chi connectivity index (χ4v) is 3.11. The third-order valence-electron chi connectivity index (χ3n) is 4.47. The second-order valence-electron chi connectivity index (χ2n) is 5.99. The van der Waals surface area contributed by atoms with Gasteiger partial charge in [0.2, 0.25) is 0 Å². The number of carbonyl (C=O) groups excluding carboxylic acids is 1. The molecule has 1 fully saturated rings. The van der Waals surface area contributed by atoms with Crippen LogP contribution in [0.25, 0.3) is 0 Å². The lowest BCUT2D eigenvalue weighted by Crippen LogP contribution is -2.31. The number of hydrogen-bond acceptors (Lipinski definition) is 3. The van der Waals surface area contributed by atoms with Gasteiger partial charge in [0.25, 0.3) is 5.91 Å². The Labute approximate surface area is 141 Å². The van der Waals surface area contributed by atoms with E-state index in [-0.39, 0.29) is 23.7 Å². The number of nitrogens with zero attached hydrogens (tertiary/aromatic N) is 1. The molecule has 1 aromatic heterocycles. The first kappa shape index (κ1) is 16.6. The fourth-order valence-electron chi connectivity index (χ4n) is 3.11. The van der Waals surface area contributed by atoms with E-state index < -0.39 is 0 Å². The highest BCUT2D eigenvalue weighted by Crippen LogP contribution is 2.34. The van der Waals surface area contributed by atoms with Crippen LogP contribution in [-0.2, 0) is 11.2 Å². The molecule has 5 heteroatoms. The van der Waals surface area contributed by atoms with Crippen molar-refractivity contribution in [2.75, 3.05) is 13.2 Å². The van der Waals surface area contributed by atoms with Crippen molar-refractivity contribution in [1.82, 2.24) is 10.3 Å². The fraction of sp³-hybridized carbons (Fsp3) is 0.368. The lowest BCUT2D eigenvalue weighted by atomic mass is 9.95. The van der Waals surface area contributed by atoms with Crippen LogP contribution in [0.2, 0.25) is 0 Å². The van der Waals surface area contributed by atoms with Crippen LogP contribution in [0.3, 0.4) is 0 Å². The van der Waals surface area contributed by atoms with Crippen molar-refractivity contribution in [1.29, 1.82) is 0 Å². The predicted octanol–water partition coefficient (Wildman–Crippen LogP) is 3.29. The molecule has 1 amide bonds. The van der Waals surface area contributed by atoms with Gasteiger partial charge in [0.15, 0.2) is 0 Å². The molecular formula is C19H21FN2O2.